The van der Waals surface area contributed by atoms with E-state index in [1.54, 1.807) is 6.20 Å². The third-order valence-corrected chi connectivity index (χ3v) is 3.03. The zero-order valence-electron chi connectivity index (χ0n) is 10.4. The van der Waals surface area contributed by atoms with E-state index in [1.165, 1.54) is 12.8 Å². The summed E-state index contributed by atoms with van der Waals surface area (Å²) in [7, 11) is 2.17. The molecule has 1 saturated carbocycles. The van der Waals surface area contributed by atoms with E-state index in [2.05, 4.69) is 32.7 Å². The van der Waals surface area contributed by atoms with Crippen molar-refractivity contribution in [2.75, 3.05) is 30.9 Å². The van der Waals surface area contributed by atoms with Gasteiger partial charge in [0.25, 0.3) is 0 Å². The Labute approximate surface area is 102 Å². The number of nitrogen functional groups attached to an aromatic ring is 1. The zero-order valence-corrected chi connectivity index (χ0v) is 10.4. The first-order valence-corrected chi connectivity index (χ1v) is 5.95. The minimum atomic E-state index is 0.439. The highest BCUT2D eigenvalue weighted by atomic mass is 15.3. The van der Waals surface area contributed by atoms with Crippen molar-refractivity contribution in [2.45, 2.75) is 25.8 Å². The standard InChI is InChI=1S/C11H20N6/c1-8-7-14-11(16-12)15-10(8)13-5-6-17(2)9-3-4-9/h7,9H,3-6,12H2,1-2H3,(H2,13,14,15,16). The number of aromatic nitrogens is 2. The van der Waals surface area contributed by atoms with Crippen LogP contribution in [-0.4, -0.2) is 41.0 Å². The molecule has 94 valence electrons. The van der Waals surface area contributed by atoms with Gasteiger partial charge in [0.1, 0.15) is 5.82 Å². The second-order valence-corrected chi connectivity index (χ2v) is 4.51. The predicted octanol–water partition coefficient (Wildman–Crippen LogP) is 0.577. The summed E-state index contributed by atoms with van der Waals surface area (Å²) in [6.07, 6.45) is 4.43. The van der Waals surface area contributed by atoms with E-state index in [4.69, 9.17) is 5.84 Å². The molecular formula is C11H20N6. The van der Waals surface area contributed by atoms with Crippen LogP contribution in [0.3, 0.4) is 0 Å². The zero-order chi connectivity index (χ0) is 12.3. The number of aryl methyl sites for hydroxylation is 1. The summed E-state index contributed by atoms with van der Waals surface area (Å²) in [6, 6.07) is 0.796. The van der Waals surface area contributed by atoms with E-state index in [0.29, 0.717) is 5.95 Å². The molecule has 4 N–H and O–H groups in total. The SMILES string of the molecule is Cc1cnc(NN)nc1NCCN(C)C1CC1. The molecule has 6 heteroatoms. The van der Waals surface area contributed by atoms with Gasteiger partial charge in [0.15, 0.2) is 0 Å². The van der Waals surface area contributed by atoms with Gasteiger partial charge < -0.3 is 10.2 Å². The maximum Gasteiger partial charge on any atom is 0.239 e. The Morgan fingerprint density at radius 2 is 2.29 bits per heavy atom. The Bertz CT molecular complexity index is 376. The van der Waals surface area contributed by atoms with Gasteiger partial charge in [0.05, 0.1) is 0 Å². The topological polar surface area (TPSA) is 79.1 Å². The van der Waals surface area contributed by atoms with Crippen molar-refractivity contribution in [3.63, 3.8) is 0 Å². The van der Waals surface area contributed by atoms with Crippen molar-refractivity contribution in [3.8, 4) is 0 Å². The maximum atomic E-state index is 5.28. The van der Waals surface area contributed by atoms with Gasteiger partial charge in [-0.1, -0.05) is 0 Å². The molecule has 0 aromatic carbocycles. The first-order chi connectivity index (χ1) is 8.20. The molecule has 0 spiro atoms. The lowest BCUT2D eigenvalue weighted by Gasteiger charge is -2.16. The summed E-state index contributed by atoms with van der Waals surface area (Å²) >= 11 is 0. The summed E-state index contributed by atoms with van der Waals surface area (Å²) in [6.45, 7) is 3.89. The highest BCUT2D eigenvalue weighted by Crippen LogP contribution is 2.24. The van der Waals surface area contributed by atoms with Crippen molar-refractivity contribution in [1.82, 2.24) is 14.9 Å². The van der Waals surface area contributed by atoms with Crippen LogP contribution in [0, 0.1) is 6.92 Å². The van der Waals surface area contributed by atoms with Crippen LogP contribution in [-0.2, 0) is 0 Å². The van der Waals surface area contributed by atoms with Crippen LogP contribution in [0.4, 0.5) is 11.8 Å². The fourth-order valence-corrected chi connectivity index (χ4v) is 1.74. The molecule has 0 atom stereocenters. The van der Waals surface area contributed by atoms with E-state index in [-0.39, 0.29) is 0 Å². The lowest BCUT2D eigenvalue weighted by Crippen LogP contribution is -2.27. The van der Waals surface area contributed by atoms with Crippen molar-refractivity contribution >= 4 is 11.8 Å². The molecule has 0 amide bonds. The second kappa shape index (κ2) is 5.29. The molecule has 1 aromatic rings. The van der Waals surface area contributed by atoms with Gasteiger partial charge >= 0.3 is 0 Å². The predicted molar refractivity (Wildman–Crippen MR) is 68.7 cm³/mol. The average Bonchev–Trinajstić information content (AvgIpc) is 3.15. The minimum absolute atomic E-state index is 0.439. The van der Waals surface area contributed by atoms with E-state index < -0.39 is 0 Å². The van der Waals surface area contributed by atoms with Crippen LogP contribution in [0.2, 0.25) is 0 Å². The molecule has 1 aliphatic carbocycles. The van der Waals surface area contributed by atoms with Gasteiger partial charge in [0.2, 0.25) is 5.95 Å². The molecule has 1 heterocycles. The first-order valence-electron chi connectivity index (χ1n) is 5.95. The largest absolute Gasteiger partial charge is 0.368 e. The molecule has 0 unspecified atom stereocenters. The summed E-state index contributed by atoms with van der Waals surface area (Å²) in [5.41, 5.74) is 3.48. The molecule has 1 fully saturated rings. The Balaban J connectivity index is 1.84. The number of rotatable bonds is 6. The lowest BCUT2D eigenvalue weighted by molar-refractivity contribution is 0.337. The minimum Gasteiger partial charge on any atom is -0.368 e. The lowest BCUT2D eigenvalue weighted by atomic mass is 10.3. The summed E-state index contributed by atoms with van der Waals surface area (Å²) in [5.74, 6) is 6.57. The molecule has 0 saturated heterocycles. The Kier molecular flexibility index (Phi) is 3.75. The molecule has 1 aliphatic rings. The van der Waals surface area contributed by atoms with Crippen molar-refractivity contribution in [2.24, 2.45) is 5.84 Å². The number of hydrogen-bond acceptors (Lipinski definition) is 6. The van der Waals surface area contributed by atoms with Crippen LogP contribution in [0.15, 0.2) is 6.20 Å². The van der Waals surface area contributed by atoms with Crippen LogP contribution < -0.4 is 16.6 Å². The van der Waals surface area contributed by atoms with E-state index in [0.717, 1.165) is 30.5 Å². The van der Waals surface area contributed by atoms with Crippen LogP contribution in [0.1, 0.15) is 18.4 Å². The smallest absolute Gasteiger partial charge is 0.239 e. The van der Waals surface area contributed by atoms with Crippen molar-refractivity contribution in [1.29, 1.82) is 0 Å². The maximum absolute atomic E-state index is 5.28. The number of hydrazine groups is 1. The molecule has 0 aliphatic heterocycles. The van der Waals surface area contributed by atoms with Gasteiger partial charge in [-0.2, -0.15) is 4.98 Å². The van der Waals surface area contributed by atoms with E-state index in [1.807, 2.05) is 6.92 Å². The Hall–Kier alpha value is -1.40. The second-order valence-electron chi connectivity index (χ2n) is 4.51. The van der Waals surface area contributed by atoms with Gasteiger partial charge in [-0.05, 0) is 26.8 Å². The normalized spacial score (nSPS) is 15.1. The average molecular weight is 236 g/mol. The molecule has 0 bridgehead atoms. The number of likely N-dealkylation sites (N-methyl/N-ethyl adjacent to an activating group) is 1. The summed E-state index contributed by atoms with van der Waals surface area (Å²) in [4.78, 5) is 10.7. The molecule has 0 radical (unpaired) electrons. The van der Waals surface area contributed by atoms with Crippen LogP contribution in [0.25, 0.3) is 0 Å². The Morgan fingerprint density at radius 1 is 1.53 bits per heavy atom. The van der Waals surface area contributed by atoms with Crippen molar-refractivity contribution in [3.05, 3.63) is 11.8 Å². The summed E-state index contributed by atoms with van der Waals surface area (Å²) < 4.78 is 0. The fourth-order valence-electron chi connectivity index (χ4n) is 1.74. The fraction of sp³-hybridized carbons (Fsp3) is 0.636. The number of nitrogens with two attached hydrogens (primary N) is 1. The molecule has 1 aromatic heterocycles. The number of nitrogens with zero attached hydrogens (tertiary/aromatic N) is 3. The molecule has 2 rings (SSSR count). The highest BCUT2D eigenvalue weighted by molar-refractivity contribution is 5.45. The van der Waals surface area contributed by atoms with Gasteiger partial charge in [0, 0.05) is 30.9 Å². The van der Waals surface area contributed by atoms with Crippen molar-refractivity contribution < 1.29 is 0 Å². The monoisotopic (exact) mass is 236 g/mol. The first kappa shape index (κ1) is 12.1. The Morgan fingerprint density at radius 3 is 2.94 bits per heavy atom. The summed E-state index contributed by atoms with van der Waals surface area (Å²) in [5, 5.41) is 3.31. The van der Waals surface area contributed by atoms with Gasteiger partial charge in [-0.15, -0.1) is 0 Å². The third-order valence-electron chi connectivity index (χ3n) is 3.03. The van der Waals surface area contributed by atoms with E-state index >= 15 is 0 Å². The van der Waals surface area contributed by atoms with Crippen LogP contribution >= 0.6 is 0 Å². The number of hydrogen-bond donors (Lipinski definition) is 3. The molecular weight excluding hydrogens is 216 g/mol. The molecule has 6 nitrogen and oxygen atoms in total. The number of anilines is 2. The number of nitrogens with one attached hydrogen (secondary N) is 2. The van der Waals surface area contributed by atoms with Crippen LogP contribution in [0.5, 0.6) is 0 Å². The molecule has 17 heavy (non-hydrogen) atoms. The van der Waals surface area contributed by atoms with Gasteiger partial charge in [-0.3, -0.25) is 5.43 Å². The van der Waals surface area contributed by atoms with E-state index in [9.17, 15) is 0 Å². The third kappa shape index (κ3) is 3.28. The quantitative estimate of drug-likeness (QED) is 0.495. The van der Waals surface area contributed by atoms with Gasteiger partial charge in [-0.25, -0.2) is 10.8 Å². The highest BCUT2D eigenvalue weighted by Gasteiger charge is 2.25.